The van der Waals surface area contributed by atoms with E-state index in [4.69, 9.17) is 21.1 Å². The van der Waals surface area contributed by atoms with E-state index in [1.54, 1.807) is 12.1 Å². The number of ketones is 1. The Morgan fingerprint density at radius 3 is 2.24 bits per heavy atom. The van der Waals surface area contributed by atoms with Crippen LogP contribution in [-0.4, -0.2) is 24.9 Å². The van der Waals surface area contributed by atoms with Gasteiger partial charge in [0.1, 0.15) is 0 Å². The molecule has 1 rings (SSSR count). The van der Waals surface area contributed by atoms with Crippen LogP contribution in [0.3, 0.4) is 0 Å². The van der Waals surface area contributed by atoms with E-state index in [1.165, 1.54) is 0 Å². The van der Waals surface area contributed by atoms with E-state index in [1.807, 2.05) is 13.8 Å². The fraction of sp³-hybridized carbons (Fsp3) is 0.417. The topological polar surface area (TPSA) is 35.5 Å². The summed E-state index contributed by atoms with van der Waals surface area (Å²) in [6.45, 7) is 4.81. The molecule has 0 aliphatic carbocycles. The quantitative estimate of drug-likeness (QED) is 0.592. The van der Waals surface area contributed by atoms with Crippen molar-refractivity contribution in [2.75, 3.05) is 19.1 Å². The number of rotatable bonds is 6. The zero-order valence-corrected chi connectivity index (χ0v) is 12.1. The molecule has 1 aromatic carbocycles. The molecule has 0 radical (unpaired) electrons. The van der Waals surface area contributed by atoms with Crippen molar-refractivity contribution in [1.29, 1.82) is 0 Å². The first kappa shape index (κ1) is 14.3. The summed E-state index contributed by atoms with van der Waals surface area (Å²) in [5.74, 6) is 0.971. The van der Waals surface area contributed by atoms with Gasteiger partial charge in [0.25, 0.3) is 0 Å². The van der Waals surface area contributed by atoms with Crippen molar-refractivity contribution >= 4 is 33.3 Å². The Kier molecular flexibility index (Phi) is 5.78. The van der Waals surface area contributed by atoms with Gasteiger partial charge in [-0.2, -0.15) is 0 Å². The number of carbonyl (C=O) groups is 1. The average molecular weight is 322 g/mol. The van der Waals surface area contributed by atoms with Gasteiger partial charge in [-0.15, -0.1) is 11.6 Å². The molecule has 0 fully saturated rings. The molecule has 3 nitrogen and oxygen atoms in total. The molecule has 0 saturated heterocycles. The van der Waals surface area contributed by atoms with Crippen molar-refractivity contribution in [1.82, 2.24) is 0 Å². The van der Waals surface area contributed by atoms with Gasteiger partial charge in [0.2, 0.25) is 0 Å². The maximum Gasteiger partial charge on any atom is 0.178 e. The monoisotopic (exact) mass is 320 g/mol. The van der Waals surface area contributed by atoms with E-state index >= 15 is 0 Å². The first-order valence-electron chi connectivity index (χ1n) is 5.32. The van der Waals surface area contributed by atoms with Crippen molar-refractivity contribution in [3.63, 3.8) is 0 Å². The van der Waals surface area contributed by atoms with Gasteiger partial charge in [0.05, 0.1) is 19.1 Å². The van der Waals surface area contributed by atoms with Gasteiger partial charge in [-0.25, -0.2) is 0 Å². The summed E-state index contributed by atoms with van der Waals surface area (Å²) in [6, 6.07) is 3.39. The van der Waals surface area contributed by atoms with Gasteiger partial charge in [-0.3, -0.25) is 4.79 Å². The number of ether oxygens (including phenoxy) is 2. The summed E-state index contributed by atoms with van der Waals surface area (Å²) in [6.07, 6.45) is 0. The summed E-state index contributed by atoms with van der Waals surface area (Å²) >= 11 is 8.88. The van der Waals surface area contributed by atoms with Crippen LogP contribution in [0.1, 0.15) is 24.2 Å². The van der Waals surface area contributed by atoms with Crippen molar-refractivity contribution in [3.8, 4) is 11.5 Å². The molecular weight excluding hydrogens is 307 g/mol. The Morgan fingerprint density at radius 2 is 1.76 bits per heavy atom. The molecule has 0 unspecified atom stereocenters. The number of hydrogen-bond acceptors (Lipinski definition) is 3. The third-order valence-corrected chi connectivity index (χ3v) is 2.95. The van der Waals surface area contributed by atoms with Crippen LogP contribution in [0.5, 0.6) is 11.5 Å². The van der Waals surface area contributed by atoms with Crippen molar-refractivity contribution < 1.29 is 14.3 Å². The first-order chi connectivity index (χ1) is 8.13. The van der Waals surface area contributed by atoms with Crippen LogP contribution in [0, 0.1) is 0 Å². The molecule has 0 aromatic heterocycles. The van der Waals surface area contributed by atoms with Crippen LogP contribution in [-0.2, 0) is 0 Å². The highest BCUT2D eigenvalue weighted by Gasteiger charge is 2.15. The Hall–Kier alpha value is -0.740. The Morgan fingerprint density at radius 1 is 1.24 bits per heavy atom. The van der Waals surface area contributed by atoms with E-state index in [9.17, 15) is 4.79 Å². The fourth-order valence-electron chi connectivity index (χ4n) is 1.36. The molecule has 5 heteroatoms. The molecule has 0 atom stereocenters. The lowest BCUT2D eigenvalue weighted by Gasteiger charge is -2.13. The van der Waals surface area contributed by atoms with E-state index in [-0.39, 0.29) is 11.7 Å². The van der Waals surface area contributed by atoms with Crippen LogP contribution >= 0.6 is 27.5 Å². The van der Waals surface area contributed by atoms with E-state index < -0.39 is 0 Å². The summed E-state index contributed by atoms with van der Waals surface area (Å²) in [5.41, 5.74) is 0.506. The predicted molar refractivity (Wildman–Crippen MR) is 71.5 cm³/mol. The number of alkyl halides is 1. The molecule has 94 valence electrons. The molecule has 0 bridgehead atoms. The van der Waals surface area contributed by atoms with Gasteiger partial charge in [-0.05, 0) is 41.9 Å². The number of carbonyl (C=O) groups excluding carboxylic acids is 1. The standard InChI is InChI=1S/C12H14BrClO3/c1-3-16-11-5-8(10(15)7-14)9(13)6-12(11)17-4-2/h5-6H,3-4,7H2,1-2H3. The summed E-state index contributed by atoms with van der Waals surface area (Å²) in [5, 5.41) is 0. The highest BCUT2D eigenvalue weighted by Crippen LogP contribution is 2.34. The molecule has 0 aliphatic heterocycles. The van der Waals surface area contributed by atoms with Crippen LogP contribution < -0.4 is 9.47 Å². The minimum absolute atomic E-state index is 0.0574. The predicted octanol–water partition coefficient (Wildman–Crippen LogP) is 3.67. The van der Waals surface area contributed by atoms with Gasteiger partial charge in [0, 0.05) is 10.0 Å². The fourth-order valence-corrected chi connectivity index (χ4v) is 2.04. The molecule has 0 N–H and O–H groups in total. The smallest absolute Gasteiger partial charge is 0.178 e. The van der Waals surface area contributed by atoms with Crippen LogP contribution in [0.25, 0.3) is 0 Å². The van der Waals surface area contributed by atoms with Crippen molar-refractivity contribution in [2.24, 2.45) is 0 Å². The van der Waals surface area contributed by atoms with Gasteiger partial charge >= 0.3 is 0 Å². The second-order valence-corrected chi connectivity index (χ2v) is 4.32. The van der Waals surface area contributed by atoms with Crippen LogP contribution in [0.2, 0.25) is 0 Å². The van der Waals surface area contributed by atoms with Crippen LogP contribution in [0.15, 0.2) is 16.6 Å². The lowest BCUT2D eigenvalue weighted by Crippen LogP contribution is -2.05. The van der Waals surface area contributed by atoms with Gasteiger partial charge < -0.3 is 9.47 Å². The summed E-state index contributed by atoms with van der Waals surface area (Å²) < 4.78 is 11.5. The molecule has 0 saturated carbocycles. The third-order valence-electron chi connectivity index (χ3n) is 2.05. The number of halogens is 2. The minimum atomic E-state index is -0.150. The summed E-state index contributed by atoms with van der Waals surface area (Å²) in [4.78, 5) is 11.6. The highest BCUT2D eigenvalue weighted by atomic mass is 79.9. The van der Waals surface area contributed by atoms with Gasteiger partial charge in [0.15, 0.2) is 17.3 Å². The zero-order chi connectivity index (χ0) is 12.8. The van der Waals surface area contributed by atoms with E-state index in [0.717, 1.165) is 0 Å². The van der Waals surface area contributed by atoms with Gasteiger partial charge in [-0.1, -0.05) is 0 Å². The molecule has 17 heavy (non-hydrogen) atoms. The zero-order valence-electron chi connectivity index (χ0n) is 9.76. The second kappa shape index (κ2) is 6.87. The lowest BCUT2D eigenvalue weighted by molar-refractivity contribution is 0.102. The molecule has 0 aliphatic rings. The van der Waals surface area contributed by atoms with E-state index in [0.29, 0.717) is 34.7 Å². The van der Waals surface area contributed by atoms with Crippen LogP contribution in [0.4, 0.5) is 0 Å². The Bertz CT molecular complexity index is 407. The average Bonchev–Trinajstić information content (AvgIpc) is 2.32. The number of hydrogen-bond donors (Lipinski definition) is 0. The number of benzene rings is 1. The Balaban J connectivity index is 3.18. The normalized spacial score (nSPS) is 10.1. The summed E-state index contributed by atoms with van der Waals surface area (Å²) in [7, 11) is 0. The lowest BCUT2D eigenvalue weighted by atomic mass is 10.1. The molecule has 1 aromatic rings. The second-order valence-electron chi connectivity index (χ2n) is 3.20. The minimum Gasteiger partial charge on any atom is -0.490 e. The molecule has 0 spiro atoms. The number of Topliss-reactive ketones (excluding diaryl/α,β-unsaturated/α-hetero) is 1. The Labute approximate surface area is 114 Å². The SMILES string of the molecule is CCOc1cc(Br)c(C(=O)CCl)cc1OCC. The maximum atomic E-state index is 11.6. The van der Waals surface area contributed by atoms with E-state index in [2.05, 4.69) is 15.9 Å². The molecule has 0 amide bonds. The largest absolute Gasteiger partial charge is 0.490 e. The third kappa shape index (κ3) is 3.61. The molecular formula is C12H14BrClO3. The first-order valence-corrected chi connectivity index (χ1v) is 6.65. The van der Waals surface area contributed by atoms with Crippen molar-refractivity contribution in [2.45, 2.75) is 13.8 Å². The highest BCUT2D eigenvalue weighted by molar-refractivity contribution is 9.10. The maximum absolute atomic E-state index is 11.6. The molecule has 0 heterocycles. The van der Waals surface area contributed by atoms with Crippen molar-refractivity contribution in [3.05, 3.63) is 22.2 Å².